The summed E-state index contributed by atoms with van der Waals surface area (Å²) in [5.41, 5.74) is 2.22. The topological polar surface area (TPSA) is 44.8 Å². The summed E-state index contributed by atoms with van der Waals surface area (Å²) in [7, 11) is 2.20. The van der Waals surface area contributed by atoms with E-state index in [9.17, 15) is 4.79 Å². The van der Waals surface area contributed by atoms with Crippen LogP contribution in [0, 0.1) is 6.92 Å². The molecule has 2 aliphatic rings. The third-order valence-corrected chi connectivity index (χ3v) is 5.42. The maximum Gasteiger partial charge on any atom is 0.317 e. The van der Waals surface area contributed by atoms with Crippen molar-refractivity contribution in [3.8, 4) is 5.75 Å². The fraction of sp³-hybridized carbons (Fsp3) is 0.632. The van der Waals surface area contributed by atoms with Gasteiger partial charge in [-0.3, -0.25) is 4.90 Å². The molecule has 3 rings (SSSR count). The van der Waals surface area contributed by atoms with E-state index in [2.05, 4.69) is 23.3 Å². The van der Waals surface area contributed by atoms with Crippen molar-refractivity contribution in [2.24, 2.45) is 0 Å². The molecule has 0 radical (unpaired) electrons. The molecular weight excluding hydrogens is 302 g/mol. The van der Waals surface area contributed by atoms with E-state index < -0.39 is 0 Å². The lowest BCUT2D eigenvalue weighted by Gasteiger charge is -2.26. The van der Waals surface area contributed by atoms with Crippen LogP contribution in [-0.4, -0.2) is 54.7 Å². The summed E-state index contributed by atoms with van der Waals surface area (Å²) in [4.78, 5) is 17.0. The lowest BCUT2D eigenvalue weighted by atomic mass is 10.1. The Hall–Kier alpha value is -1.75. The molecule has 2 aliphatic heterocycles. The Morgan fingerprint density at radius 1 is 1.29 bits per heavy atom. The smallest absolute Gasteiger partial charge is 0.317 e. The fourth-order valence-corrected chi connectivity index (χ4v) is 3.92. The SMILES string of the molecule is CCOc1ccc(CNC(=O)N2CC[C@H]3CC[C@@H](C2)N3C)cc1C. The lowest BCUT2D eigenvalue weighted by Crippen LogP contribution is -2.44. The van der Waals surface area contributed by atoms with Gasteiger partial charge in [-0.2, -0.15) is 0 Å². The van der Waals surface area contributed by atoms with E-state index in [1.165, 1.54) is 12.8 Å². The molecule has 2 bridgehead atoms. The maximum atomic E-state index is 12.5. The van der Waals surface area contributed by atoms with Crippen molar-refractivity contribution in [2.45, 2.75) is 51.7 Å². The summed E-state index contributed by atoms with van der Waals surface area (Å²) in [6, 6.07) is 7.33. The molecule has 5 heteroatoms. The van der Waals surface area contributed by atoms with Crippen molar-refractivity contribution >= 4 is 6.03 Å². The highest BCUT2D eigenvalue weighted by Gasteiger charge is 2.35. The number of likely N-dealkylation sites (N-methyl/N-ethyl adjacent to an activating group) is 1. The van der Waals surface area contributed by atoms with Gasteiger partial charge in [0.1, 0.15) is 5.75 Å². The third kappa shape index (κ3) is 3.66. The van der Waals surface area contributed by atoms with Gasteiger partial charge in [0.15, 0.2) is 0 Å². The Morgan fingerprint density at radius 3 is 2.83 bits per heavy atom. The fourth-order valence-electron chi connectivity index (χ4n) is 3.92. The average Bonchev–Trinajstić information content (AvgIpc) is 2.80. The number of benzene rings is 1. The molecular formula is C19H29N3O2. The molecule has 5 nitrogen and oxygen atoms in total. The van der Waals surface area contributed by atoms with Gasteiger partial charge >= 0.3 is 6.03 Å². The van der Waals surface area contributed by atoms with Crippen molar-refractivity contribution in [1.29, 1.82) is 0 Å². The number of aryl methyl sites for hydroxylation is 1. The minimum Gasteiger partial charge on any atom is -0.494 e. The van der Waals surface area contributed by atoms with Crippen LogP contribution in [0.25, 0.3) is 0 Å². The van der Waals surface area contributed by atoms with Gasteiger partial charge in [-0.05, 0) is 57.4 Å². The van der Waals surface area contributed by atoms with Crippen molar-refractivity contribution in [2.75, 3.05) is 26.7 Å². The molecule has 0 unspecified atom stereocenters. The quantitative estimate of drug-likeness (QED) is 0.923. The van der Waals surface area contributed by atoms with Crippen molar-refractivity contribution < 1.29 is 9.53 Å². The Labute approximate surface area is 145 Å². The normalized spacial score (nSPS) is 23.9. The maximum absolute atomic E-state index is 12.5. The van der Waals surface area contributed by atoms with Gasteiger partial charge in [0.25, 0.3) is 0 Å². The van der Waals surface area contributed by atoms with Gasteiger partial charge in [-0.15, -0.1) is 0 Å². The molecule has 2 atom stereocenters. The summed E-state index contributed by atoms with van der Waals surface area (Å²) in [5, 5.41) is 3.08. The molecule has 2 amide bonds. The second kappa shape index (κ2) is 7.43. The van der Waals surface area contributed by atoms with Crippen LogP contribution in [0.15, 0.2) is 18.2 Å². The van der Waals surface area contributed by atoms with E-state index in [-0.39, 0.29) is 6.03 Å². The Bertz CT molecular complexity index is 590. The molecule has 2 heterocycles. The first-order chi connectivity index (χ1) is 11.6. The van der Waals surface area contributed by atoms with Crippen LogP contribution in [0.3, 0.4) is 0 Å². The Kier molecular flexibility index (Phi) is 5.29. The largest absolute Gasteiger partial charge is 0.494 e. The van der Waals surface area contributed by atoms with Crippen LogP contribution in [0.1, 0.15) is 37.3 Å². The van der Waals surface area contributed by atoms with E-state index in [0.29, 0.717) is 25.2 Å². The zero-order valence-electron chi connectivity index (χ0n) is 15.0. The number of carbonyl (C=O) groups excluding carboxylic acids is 1. The second-order valence-corrected chi connectivity index (χ2v) is 6.98. The standard InChI is InChI=1S/C19H29N3O2/c1-4-24-18-8-5-15(11-14(18)2)12-20-19(23)22-10-9-16-6-7-17(13-22)21(16)3/h5,8,11,16-17H,4,6-7,9-10,12-13H2,1-3H3,(H,20,23)/t16-,17+/m1/s1. The minimum absolute atomic E-state index is 0.0579. The number of fused-ring (bicyclic) bond motifs is 2. The molecule has 1 aromatic carbocycles. The van der Waals surface area contributed by atoms with Crippen molar-refractivity contribution in [3.63, 3.8) is 0 Å². The predicted octanol–water partition coefficient (Wildman–Crippen LogP) is 2.77. The van der Waals surface area contributed by atoms with Gasteiger partial charge in [-0.1, -0.05) is 12.1 Å². The number of likely N-dealkylation sites (tertiary alicyclic amines) is 1. The summed E-state index contributed by atoms with van der Waals surface area (Å²) >= 11 is 0. The highest BCUT2D eigenvalue weighted by Crippen LogP contribution is 2.28. The number of nitrogens with zero attached hydrogens (tertiary/aromatic N) is 2. The first-order valence-electron chi connectivity index (χ1n) is 9.05. The second-order valence-electron chi connectivity index (χ2n) is 6.98. The highest BCUT2D eigenvalue weighted by atomic mass is 16.5. The molecule has 2 fully saturated rings. The molecule has 132 valence electrons. The van der Waals surface area contributed by atoms with Gasteiger partial charge < -0.3 is 15.0 Å². The van der Waals surface area contributed by atoms with Crippen LogP contribution in [0.2, 0.25) is 0 Å². The van der Waals surface area contributed by atoms with Crippen LogP contribution < -0.4 is 10.1 Å². The zero-order chi connectivity index (χ0) is 17.1. The third-order valence-electron chi connectivity index (χ3n) is 5.42. The van der Waals surface area contributed by atoms with Crippen LogP contribution >= 0.6 is 0 Å². The number of amides is 2. The highest BCUT2D eigenvalue weighted by molar-refractivity contribution is 5.74. The molecule has 1 N–H and O–H groups in total. The molecule has 24 heavy (non-hydrogen) atoms. The number of urea groups is 1. The van der Waals surface area contributed by atoms with Gasteiger partial charge in [0, 0.05) is 31.7 Å². The molecule has 1 aromatic rings. The van der Waals surface area contributed by atoms with E-state index in [4.69, 9.17) is 4.74 Å². The van der Waals surface area contributed by atoms with Crippen LogP contribution in [-0.2, 0) is 6.54 Å². The molecule has 0 aromatic heterocycles. The van der Waals surface area contributed by atoms with Crippen molar-refractivity contribution in [3.05, 3.63) is 29.3 Å². The predicted molar refractivity (Wildman–Crippen MR) is 95.3 cm³/mol. The van der Waals surface area contributed by atoms with E-state index in [1.54, 1.807) is 0 Å². The number of hydrogen-bond donors (Lipinski definition) is 1. The zero-order valence-corrected chi connectivity index (χ0v) is 15.0. The average molecular weight is 331 g/mol. The monoisotopic (exact) mass is 331 g/mol. The van der Waals surface area contributed by atoms with Gasteiger partial charge in [0.2, 0.25) is 0 Å². The number of carbonyl (C=O) groups is 1. The molecule has 0 saturated carbocycles. The van der Waals surface area contributed by atoms with Crippen molar-refractivity contribution in [1.82, 2.24) is 15.1 Å². The summed E-state index contributed by atoms with van der Waals surface area (Å²) in [5.74, 6) is 0.916. The first-order valence-corrected chi connectivity index (χ1v) is 9.05. The number of rotatable bonds is 4. The van der Waals surface area contributed by atoms with Gasteiger partial charge in [-0.25, -0.2) is 4.79 Å². The lowest BCUT2D eigenvalue weighted by molar-refractivity contribution is 0.188. The minimum atomic E-state index is 0.0579. The first kappa shape index (κ1) is 17.1. The summed E-state index contributed by atoms with van der Waals surface area (Å²) in [6.45, 7) is 6.96. The van der Waals surface area contributed by atoms with E-state index in [0.717, 1.165) is 36.4 Å². The number of ether oxygens (including phenoxy) is 1. The molecule has 0 aliphatic carbocycles. The summed E-state index contributed by atoms with van der Waals surface area (Å²) in [6.07, 6.45) is 3.58. The summed E-state index contributed by atoms with van der Waals surface area (Å²) < 4.78 is 5.56. The number of nitrogens with one attached hydrogen (secondary N) is 1. The number of hydrogen-bond acceptors (Lipinski definition) is 3. The van der Waals surface area contributed by atoms with E-state index in [1.807, 2.05) is 30.9 Å². The van der Waals surface area contributed by atoms with Crippen LogP contribution in [0.5, 0.6) is 5.75 Å². The Balaban J connectivity index is 1.55. The molecule has 2 saturated heterocycles. The van der Waals surface area contributed by atoms with E-state index >= 15 is 0 Å². The molecule has 0 spiro atoms. The van der Waals surface area contributed by atoms with Gasteiger partial charge in [0.05, 0.1) is 6.61 Å². The van der Waals surface area contributed by atoms with Crippen LogP contribution in [0.4, 0.5) is 4.79 Å². The Morgan fingerprint density at radius 2 is 2.08 bits per heavy atom.